The lowest BCUT2D eigenvalue weighted by molar-refractivity contribution is 0.355. The highest BCUT2D eigenvalue weighted by Crippen LogP contribution is 2.33. The van der Waals surface area contributed by atoms with E-state index in [1.807, 2.05) is 6.92 Å². The predicted octanol–water partition coefficient (Wildman–Crippen LogP) is 1.89. The summed E-state index contributed by atoms with van der Waals surface area (Å²) in [6.45, 7) is 4.40. The van der Waals surface area contributed by atoms with Crippen molar-refractivity contribution >= 4 is 11.0 Å². The standard InChI is InChI=1S/C17H23N7O/c1-11-12(2)24(13-7-5-4-6-8-13)16-15(11)17(25)23(10-18-16)9-14-19-21-22(3)20-14/h10,13H,4-9H2,1-3H3. The molecule has 4 rings (SSSR count). The lowest BCUT2D eigenvalue weighted by atomic mass is 9.95. The highest BCUT2D eigenvalue weighted by molar-refractivity contribution is 5.81. The number of aromatic nitrogens is 7. The number of nitrogens with zero attached hydrogens (tertiary/aromatic N) is 7. The zero-order valence-electron chi connectivity index (χ0n) is 14.9. The molecule has 3 aromatic rings. The van der Waals surface area contributed by atoms with Gasteiger partial charge in [-0.3, -0.25) is 9.36 Å². The van der Waals surface area contributed by atoms with Gasteiger partial charge in [-0.05, 0) is 37.5 Å². The smallest absolute Gasteiger partial charge is 0.263 e. The molecule has 0 unspecified atom stereocenters. The fraction of sp³-hybridized carbons (Fsp3) is 0.588. The molecule has 8 heteroatoms. The zero-order chi connectivity index (χ0) is 17.6. The Morgan fingerprint density at radius 2 is 1.96 bits per heavy atom. The second kappa shape index (κ2) is 6.09. The van der Waals surface area contributed by atoms with E-state index in [0.717, 1.165) is 22.3 Å². The molecule has 1 aliphatic rings. The average Bonchev–Trinajstić information content (AvgIpc) is 3.13. The van der Waals surface area contributed by atoms with Crippen molar-refractivity contribution in [2.24, 2.45) is 7.05 Å². The van der Waals surface area contributed by atoms with Crippen LogP contribution in [0.4, 0.5) is 0 Å². The van der Waals surface area contributed by atoms with Crippen LogP contribution in [0.2, 0.25) is 0 Å². The molecule has 0 radical (unpaired) electrons. The van der Waals surface area contributed by atoms with Crippen LogP contribution >= 0.6 is 0 Å². The maximum absolute atomic E-state index is 13.0. The Labute approximate surface area is 145 Å². The zero-order valence-corrected chi connectivity index (χ0v) is 14.9. The van der Waals surface area contributed by atoms with Crippen LogP contribution in [0, 0.1) is 13.8 Å². The van der Waals surface area contributed by atoms with Crippen LogP contribution in [0.25, 0.3) is 11.0 Å². The van der Waals surface area contributed by atoms with E-state index in [2.05, 4.69) is 31.9 Å². The van der Waals surface area contributed by atoms with Gasteiger partial charge in [-0.1, -0.05) is 19.3 Å². The van der Waals surface area contributed by atoms with E-state index in [1.165, 1.54) is 36.9 Å². The Kier molecular flexibility index (Phi) is 3.89. The normalized spacial score (nSPS) is 16.0. The lowest BCUT2D eigenvalue weighted by Gasteiger charge is -2.25. The summed E-state index contributed by atoms with van der Waals surface area (Å²) in [4.78, 5) is 19.1. The van der Waals surface area contributed by atoms with Crippen molar-refractivity contribution < 1.29 is 0 Å². The van der Waals surface area contributed by atoms with Crippen molar-refractivity contribution in [3.63, 3.8) is 0 Å². The molecule has 0 aliphatic heterocycles. The lowest BCUT2D eigenvalue weighted by Crippen LogP contribution is -2.22. The molecule has 0 N–H and O–H groups in total. The average molecular weight is 341 g/mol. The van der Waals surface area contributed by atoms with Crippen LogP contribution in [0.5, 0.6) is 0 Å². The van der Waals surface area contributed by atoms with Gasteiger partial charge in [0.05, 0.1) is 19.0 Å². The molecule has 1 saturated carbocycles. The predicted molar refractivity (Wildman–Crippen MR) is 93.5 cm³/mol. The van der Waals surface area contributed by atoms with Gasteiger partial charge in [0.1, 0.15) is 12.0 Å². The number of hydrogen-bond acceptors (Lipinski definition) is 5. The van der Waals surface area contributed by atoms with E-state index < -0.39 is 0 Å². The van der Waals surface area contributed by atoms with Gasteiger partial charge in [-0.2, -0.15) is 4.80 Å². The van der Waals surface area contributed by atoms with Crippen LogP contribution < -0.4 is 5.56 Å². The summed E-state index contributed by atoms with van der Waals surface area (Å²) >= 11 is 0. The van der Waals surface area contributed by atoms with Crippen LogP contribution in [-0.4, -0.2) is 34.3 Å². The first-order valence-corrected chi connectivity index (χ1v) is 8.85. The Morgan fingerprint density at radius 1 is 1.20 bits per heavy atom. The van der Waals surface area contributed by atoms with Gasteiger partial charge in [-0.15, -0.1) is 10.2 Å². The molecule has 0 bridgehead atoms. The molecule has 3 heterocycles. The third kappa shape index (κ3) is 2.65. The number of rotatable bonds is 3. The van der Waals surface area contributed by atoms with Crippen molar-refractivity contribution in [1.82, 2.24) is 34.3 Å². The van der Waals surface area contributed by atoms with Gasteiger partial charge in [-0.25, -0.2) is 4.98 Å². The third-order valence-electron chi connectivity index (χ3n) is 5.33. The first-order valence-electron chi connectivity index (χ1n) is 8.85. The first-order chi connectivity index (χ1) is 12.1. The molecule has 0 spiro atoms. The Morgan fingerprint density at radius 3 is 2.64 bits per heavy atom. The fourth-order valence-electron chi connectivity index (χ4n) is 3.95. The van der Waals surface area contributed by atoms with Gasteiger partial charge < -0.3 is 4.57 Å². The summed E-state index contributed by atoms with van der Waals surface area (Å²) in [6.07, 6.45) is 7.74. The topological polar surface area (TPSA) is 83.4 Å². The van der Waals surface area contributed by atoms with E-state index in [0.29, 0.717) is 11.9 Å². The molecule has 8 nitrogen and oxygen atoms in total. The molecule has 0 aromatic carbocycles. The summed E-state index contributed by atoms with van der Waals surface area (Å²) < 4.78 is 3.85. The highest BCUT2D eigenvalue weighted by Gasteiger charge is 2.23. The largest absolute Gasteiger partial charge is 0.326 e. The second-order valence-corrected chi connectivity index (χ2v) is 6.94. The van der Waals surface area contributed by atoms with Gasteiger partial charge in [0, 0.05) is 11.7 Å². The van der Waals surface area contributed by atoms with Gasteiger partial charge in [0.15, 0.2) is 5.82 Å². The van der Waals surface area contributed by atoms with Crippen molar-refractivity contribution in [3.8, 4) is 0 Å². The molecule has 25 heavy (non-hydrogen) atoms. The summed E-state index contributed by atoms with van der Waals surface area (Å²) in [5.74, 6) is 0.506. The Hall–Kier alpha value is -2.51. The van der Waals surface area contributed by atoms with Crippen molar-refractivity contribution in [1.29, 1.82) is 0 Å². The van der Waals surface area contributed by atoms with Gasteiger partial charge in [0.25, 0.3) is 5.56 Å². The van der Waals surface area contributed by atoms with Crippen molar-refractivity contribution in [3.05, 3.63) is 33.8 Å². The third-order valence-corrected chi connectivity index (χ3v) is 5.33. The number of fused-ring (bicyclic) bond motifs is 1. The quantitative estimate of drug-likeness (QED) is 0.726. The molecule has 0 saturated heterocycles. The molecule has 132 valence electrons. The summed E-state index contributed by atoms with van der Waals surface area (Å²) in [5.41, 5.74) is 2.96. The Balaban J connectivity index is 1.81. The fourth-order valence-corrected chi connectivity index (χ4v) is 3.95. The maximum atomic E-state index is 13.0. The SMILES string of the molecule is Cc1c(C)n(C2CCCCC2)c2ncn(Cc3nnn(C)n3)c(=O)c12. The van der Waals surface area contributed by atoms with Crippen LogP contribution in [0.3, 0.4) is 0 Å². The molecule has 0 amide bonds. The van der Waals surface area contributed by atoms with Crippen LogP contribution in [-0.2, 0) is 13.6 Å². The second-order valence-electron chi connectivity index (χ2n) is 6.94. The van der Waals surface area contributed by atoms with Crippen LogP contribution in [0.1, 0.15) is 55.2 Å². The van der Waals surface area contributed by atoms with E-state index >= 15 is 0 Å². The number of tetrazole rings is 1. The van der Waals surface area contributed by atoms with Gasteiger partial charge >= 0.3 is 0 Å². The minimum atomic E-state index is -0.0346. The van der Waals surface area contributed by atoms with E-state index in [1.54, 1.807) is 17.9 Å². The molecule has 1 fully saturated rings. The highest BCUT2D eigenvalue weighted by atomic mass is 16.1. The minimum absolute atomic E-state index is 0.0346. The summed E-state index contributed by atoms with van der Waals surface area (Å²) in [6, 6.07) is 0.453. The monoisotopic (exact) mass is 341 g/mol. The molecular weight excluding hydrogens is 318 g/mol. The van der Waals surface area contributed by atoms with E-state index in [9.17, 15) is 4.79 Å². The van der Waals surface area contributed by atoms with E-state index in [-0.39, 0.29) is 12.1 Å². The van der Waals surface area contributed by atoms with Crippen molar-refractivity contribution in [2.45, 2.75) is 58.5 Å². The summed E-state index contributed by atoms with van der Waals surface area (Å²) in [7, 11) is 1.71. The minimum Gasteiger partial charge on any atom is -0.326 e. The number of aryl methyl sites for hydroxylation is 2. The first kappa shape index (κ1) is 16.0. The maximum Gasteiger partial charge on any atom is 0.263 e. The van der Waals surface area contributed by atoms with Crippen LogP contribution in [0.15, 0.2) is 11.1 Å². The number of hydrogen-bond donors (Lipinski definition) is 0. The molecule has 0 atom stereocenters. The summed E-state index contributed by atoms with van der Waals surface area (Å²) in [5, 5.41) is 12.6. The molecule has 3 aromatic heterocycles. The van der Waals surface area contributed by atoms with Crippen molar-refractivity contribution in [2.75, 3.05) is 0 Å². The molecule has 1 aliphatic carbocycles. The molecular formula is C17H23N7O. The van der Waals surface area contributed by atoms with Gasteiger partial charge in [0.2, 0.25) is 0 Å². The van der Waals surface area contributed by atoms with E-state index in [4.69, 9.17) is 0 Å². The Bertz CT molecular complexity index is 975.